The summed E-state index contributed by atoms with van der Waals surface area (Å²) in [6.07, 6.45) is 111. The summed E-state index contributed by atoms with van der Waals surface area (Å²) in [5.74, 6) is -1.60. The Bertz CT molecular complexity index is 2730. The van der Waals surface area contributed by atoms with E-state index in [0.29, 0.717) is 19.3 Å². The second kappa shape index (κ2) is 86.3. The highest BCUT2D eigenvalue weighted by Crippen LogP contribution is 2.45. The van der Waals surface area contributed by atoms with E-state index in [-0.39, 0.29) is 19.3 Å². The van der Waals surface area contributed by atoms with Crippen molar-refractivity contribution in [3.8, 4) is 0 Å². The van der Waals surface area contributed by atoms with Gasteiger partial charge in [-0.25, -0.2) is 9.13 Å². The van der Waals surface area contributed by atoms with E-state index in [2.05, 4.69) is 191 Å². The zero-order chi connectivity index (χ0) is 82.2. The third kappa shape index (κ3) is 87.6. The fourth-order valence-electron chi connectivity index (χ4n) is 11.8. The lowest BCUT2D eigenvalue weighted by atomic mass is 10.0. The Morgan fingerprint density at radius 1 is 0.248 bits per heavy atom. The van der Waals surface area contributed by atoms with E-state index in [4.69, 9.17) is 32.3 Å². The van der Waals surface area contributed by atoms with Gasteiger partial charge in [0, 0.05) is 19.3 Å². The minimum absolute atomic E-state index is 0.0852. The average Bonchev–Trinajstić information content (AvgIpc) is 0.902. The SMILES string of the molecule is CC/C=C\C/C=C\C/C=C\C/C=C\C/C=C\C/C=C\CCCCCCCCC(=O)OCC(COP(=O)(O)OCC(O)COP(=O)(O)OCC(O)COC(=O)CCCCCCCCCCCCCCCCCCCCC/C=C\C/C=C\C/C=C\C/C=C\C/C=C\CC)OC(=O)CCCCCCCCC/C=C\C/C=C\C/C=C\CC. The molecule has 0 aromatic carbocycles. The first kappa shape index (κ1) is 108. The quantitative estimate of drug-likeness (QED) is 0.0146. The van der Waals surface area contributed by atoms with E-state index in [1.54, 1.807) is 0 Å². The van der Waals surface area contributed by atoms with Crippen LogP contribution in [0.15, 0.2) is 170 Å². The monoisotopic (exact) mass is 1620 g/mol. The summed E-state index contributed by atoms with van der Waals surface area (Å²) < 4.78 is 61.3. The van der Waals surface area contributed by atoms with Gasteiger partial charge in [0.05, 0.1) is 26.4 Å². The predicted molar refractivity (Wildman–Crippen MR) is 472 cm³/mol. The van der Waals surface area contributed by atoms with Crippen LogP contribution in [0.4, 0.5) is 0 Å². The maximum absolute atomic E-state index is 13.0. The van der Waals surface area contributed by atoms with Crippen LogP contribution < -0.4 is 0 Å². The van der Waals surface area contributed by atoms with Gasteiger partial charge in [-0.05, 0) is 148 Å². The average molecular weight is 1620 g/mol. The van der Waals surface area contributed by atoms with Gasteiger partial charge in [0.25, 0.3) is 0 Å². The first-order chi connectivity index (χ1) is 55.2. The van der Waals surface area contributed by atoms with Gasteiger partial charge in [-0.3, -0.25) is 32.5 Å². The van der Waals surface area contributed by atoms with Gasteiger partial charge in [0.2, 0.25) is 0 Å². The van der Waals surface area contributed by atoms with Gasteiger partial charge in [-0.1, -0.05) is 358 Å². The maximum atomic E-state index is 13.0. The zero-order valence-corrected chi connectivity index (χ0v) is 72.8. The number of aliphatic hydroxyl groups excluding tert-OH is 2. The molecule has 0 heterocycles. The van der Waals surface area contributed by atoms with Crippen molar-refractivity contribution >= 4 is 33.6 Å². The summed E-state index contributed by atoms with van der Waals surface area (Å²) in [5, 5.41) is 20.7. The molecule has 113 heavy (non-hydrogen) atoms. The van der Waals surface area contributed by atoms with Crippen LogP contribution in [0.25, 0.3) is 0 Å². The minimum Gasteiger partial charge on any atom is -0.463 e. The number of phosphoric ester groups is 2. The Balaban J connectivity index is 4.49. The number of hydrogen-bond acceptors (Lipinski definition) is 14. The predicted octanol–water partition coefficient (Wildman–Crippen LogP) is 27.1. The van der Waals surface area contributed by atoms with Crippen LogP contribution in [0.2, 0.25) is 0 Å². The molecule has 0 rings (SSSR count). The second-order valence-corrected chi connectivity index (χ2v) is 32.2. The molecule has 5 unspecified atom stereocenters. The number of carbonyl (C=O) groups is 3. The maximum Gasteiger partial charge on any atom is 0.472 e. The van der Waals surface area contributed by atoms with Gasteiger partial charge in [-0.2, -0.15) is 0 Å². The Labute approximate surface area is 688 Å². The summed E-state index contributed by atoms with van der Waals surface area (Å²) in [6, 6.07) is 0. The number of phosphoric acid groups is 2. The summed E-state index contributed by atoms with van der Waals surface area (Å²) in [7, 11) is -9.81. The second-order valence-electron chi connectivity index (χ2n) is 29.3. The molecule has 0 spiro atoms. The molecule has 0 saturated carbocycles. The number of rotatable bonds is 83. The molecule has 0 fully saturated rings. The molecule has 0 aliphatic heterocycles. The van der Waals surface area contributed by atoms with Gasteiger partial charge >= 0.3 is 33.6 Å². The lowest BCUT2D eigenvalue weighted by Gasteiger charge is -2.21. The summed E-state index contributed by atoms with van der Waals surface area (Å²) in [4.78, 5) is 58.9. The Morgan fingerprint density at radius 3 is 0.699 bits per heavy atom. The number of allylic oxidation sites excluding steroid dienone is 28. The largest absolute Gasteiger partial charge is 0.472 e. The highest BCUT2D eigenvalue weighted by atomic mass is 31.2. The molecule has 4 N–H and O–H groups in total. The molecule has 0 amide bonds. The molecule has 0 saturated heterocycles. The molecule has 646 valence electrons. The molecule has 0 bridgehead atoms. The van der Waals surface area contributed by atoms with Gasteiger partial charge < -0.3 is 34.2 Å². The van der Waals surface area contributed by atoms with Gasteiger partial charge in [0.1, 0.15) is 25.4 Å². The van der Waals surface area contributed by atoms with Crippen LogP contribution >= 0.6 is 15.6 Å². The Hall–Kier alpha value is -5.09. The molecular formula is C95H160O16P2. The lowest BCUT2D eigenvalue weighted by Crippen LogP contribution is -2.30. The van der Waals surface area contributed by atoms with E-state index >= 15 is 0 Å². The van der Waals surface area contributed by atoms with Crippen molar-refractivity contribution in [2.45, 2.75) is 373 Å². The van der Waals surface area contributed by atoms with E-state index in [0.717, 1.165) is 193 Å². The third-order valence-corrected chi connectivity index (χ3v) is 20.3. The van der Waals surface area contributed by atoms with Crippen molar-refractivity contribution in [2.24, 2.45) is 0 Å². The standard InChI is InChI=1S/C95H160O16P2/c1-4-7-10-13-16-19-22-25-28-31-33-35-37-39-40-41-42-43-44-45-46-47-48-50-52-53-55-58-60-63-66-69-72-75-78-81-93(98)105-84-90(96)85-107-112(101,102)108-86-91(97)87-109-113(103,104)110-89-92(111-95(100)83-80-77-74-71-68-65-62-57-30-27-24-21-18-15-12-9-6-3)88-106-94(99)82-79-76-73-70-67-64-61-59-56-54-51-49-38-36-34-32-29-26-23-20-17-14-11-8-5-2/h7-12,16-21,25-30,33-36,39-40,49,51,56,59,90-92,96-97H,4-6,13-15,22-24,31-32,37-38,41-48,50,52-55,57-58,60-89H2,1-3H3,(H,101,102)(H,103,104)/b10-7-,11-8-,12-9-,19-16-,20-17-,21-18-,28-25-,29-26-,30-27-,35-33-,36-34-,40-39-,51-49-,59-56-. The first-order valence-corrected chi connectivity index (χ1v) is 47.4. The van der Waals surface area contributed by atoms with E-state index in [9.17, 15) is 43.5 Å². The molecular weight excluding hydrogens is 1460 g/mol. The number of esters is 3. The molecule has 18 heteroatoms. The minimum atomic E-state index is -4.95. The van der Waals surface area contributed by atoms with Crippen LogP contribution in [0.5, 0.6) is 0 Å². The van der Waals surface area contributed by atoms with E-state index in [1.165, 1.54) is 103 Å². The molecule has 0 aromatic heterocycles. The fraction of sp³-hybridized carbons (Fsp3) is 0.674. The van der Waals surface area contributed by atoms with Crippen molar-refractivity contribution in [1.29, 1.82) is 0 Å². The number of unbranched alkanes of at least 4 members (excludes halogenated alkanes) is 32. The number of hydrogen-bond donors (Lipinski definition) is 4. The number of carbonyl (C=O) groups excluding carboxylic acids is 3. The molecule has 0 radical (unpaired) electrons. The van der Waals surface area contributed by atoms with Gasteiger partial charge in [0.15, 0.2) is 6.10 Å². The molecule has 16 nitrogen and oxygen atoms in total. The summed E-state index contributed by atoms with van der Waals surface area (Å²) in [6.45, 7) is 2.34. The zero-order valence-electron chi connectivity index (χ0n) is 71.0. The highest BCUT2D eigenvalue weighted by Gasteiger charge is 2.29. The topological polar surface area (TPSA) is 231 Å². The van der Waals surface area contributed by atoms with E-state index < -0.39 is 91.5 Å². The van der Waals surface area contributed by atoms with Crippen molar-refractivity contribution < 1.29 is 75.8 Å². The van der Waals surface area contributed by atoms with Crippen molar-refractivity contribution in [1.82, 2.24) is 0 Å². The molecule has 0 aliphatic carbocycles. The molecule has 0 aromatic rings. The number of aliphatic hydroxyl groups is 2. The molecule has 5 atom stereocenters. The van der Waals surface area contributed by atoms with Crippen LogP contribution in [-0.4, -0.2) is 95.9 Å². The van der Waals surface area contributed by atoms with Gasteiger partial charge in [-0.15, -0.1) is 0 Å². The Morgan fingerprint density at radius 2 is 0.442 bits per heavy atom. The summed E-state index contributed by atoms with van der Waals surface area (Å²) in [5.41, 5.74) is 0. The summed E-state index contributed by atoms with van der Waals surface area (Å²) >= 11 is 0. The highest BCUT2D eigenvalue weighted by molar-refractivity contribution is 7.47. The number of ether oxygens (including phenoxy) is 3. The first-order valence-electron chi connectivity index (χ1n) is 44.4. The smallest absolute Gasteiger partial charge is 0.463 e. The van der Waals surface area contributed by atoms with Crippen LogP contribution in [0.3, 0.4) is 0 Å². The van der Waals surface area contributed by atoms with E-state index in [1.807, 2.05) is 0 Å². The lowest BCUT2D eigenvalue weighted by molar-refractivity contribution is -0.161. The van der Waals surface area contributed by atoms with Crippen LogP contribution in [0, 0.1) is 0 Å². The third-order valence-electron chi connectivity index (χ3n) is 18.4. The molecule has 0 aliphatic rings. The fourth-order valence-corrected chi connectivity index (χ4v) is 13.4. The van der Waals surface area contributed by atoms with Crippen molar-refractivity contribution in [2.75, 3.05) is 39.6 Å². The van der Waals surface area contributed by atoms with Crippen molar-refractivity contribution in [3.63, 3.8) is 0 Å². The van der Waals surface area contributed by atoms with Crippen molar-refractivity contribution in [3.05, 3.63) is 170 Å². The normalized spacial score (nSPS) is 14.6. The van der Waals surface area contributed by atoms with Crippen LogP contribution in [-0.2, 0) is 55.8 Å². The Kier molecular flexibility index (Phi) is 82.4. The van der Waals surface area contributed by atoms with Crippen LogP contribution in [0.1, 0.15) is 355 Å².